The Morgan fingerprint density at radius 1 is 1.07 bits per heavy atom. The first-order valence-corrected chi connectivity index (χ1v) is 11.3. The van der Waals surface area contributed by atoms with Gasteiger partial charge in [-0.15, -0.1) is 11.3 Å². The molecule has 0 atom stereocenters. The van der Waals surface area contributed by atoms with Crippen LogP contribution in [0.1, 0.15) is 5.56 Å². The van der Waals surface area contributed by atoms with E-state index in [1.165, 1.54) is 22.7 Å². The molecule has 29 heavy (non-hydrogen) atoms. The van der Waals surface area contributed by atoms with Gasteiger partial charge in [-0.3, -0.25) is 4.31 Å². The van der Waals surface area contributed by atoms with Crippen LogP contribution in [0.25, 0.3) is 22.2 Å². The Labute approximate surface area is 177 Å². The molecule has 0 aliphatic carbocycles. The van der Waals surface area contributed by atoms with Gasteiger partial charge in [0.2, 0.25) is 5.82 Å². The lowest BCUT2D eigenvalue weighted by molar-refractivity contribution is 0.432. The van der Waals surface area contributed by atoms with E-state index in [0.29, 0.717) is 21.4 Å². The highest BCUT2D eigenvalue weighted by atomic mass is 35.5. The molecule has 0 saturated carbocycles. The Bertz CT molecular complexity index is 1260. The number of anilines is 1. The number of thiophene rings is 1. The van der Waals surface area contributed by atoms with E-state index < -0.39 is 10.0 Å². The van der Waals surface area contributed by atoms with Gasteiger partial charge in [-0.1, -0.05) is 41.0 Å². The standard InChI is InChI=1S/C20H16ClN3O3S2/c1-13-5-3-4-6-16(13)19-22-20(27-23-19)18-17(11-12-28-18)29(25,26)24(2)15-9-7-14(21)8-10-15/h3-12H,1-2H3. The molecule has 0 fully saturated rings. The summed E-state index contributed by atoms with van der Waals surface area (Å²) in [5.74, 6) is 0.585. The van der Waals surface area contributed by atoms with Crippen LogP contribution >= 0.6 is 22.9 Å². The SMILES string of the molecule is Cc1ccccc1-c1noc(-c2sccc2S(=O)(=O)N(C)c2ccc(Cl)cc2)n1. The van der Waals surface area contributed by atoms with E-state index in [-0.39, 0.29) is 10.8 Å². The van der Waals surface area contributed by atoms with Crippen LogP contribution in [0.4, 0.5) is 5.69 Å². The fourth-order valence-electron chi connectivity index (χ4n) is 2.84. The number of aryl methyl sites for hydroxylation is 1. The predicted octanol–water partition coefficient (Wildman–Crippen LogP) is 5.25. The van der Waals surface area contributed by atoms with Crippen LogP contribution < -0.4 is 4.31 Å². The Kier molecular flexibility index (Phi) is 5.16. The number of benzene rings is 2. The van der Waals surface area contributed by atoms with E-state index in [9.17, 15) is 8.42 Å². The van der Waals surface area contributed by atoms with Crippen molar-refractivity contribution in [2.45, 2.75) is 11.8 Å². The van der Waals surface area contributed by atoms with Crippen LogP contribution in [-0.4, -0.2) is 25.6 Å². The highest BCUT2D eigenvalue weighted by Gasteiger charge is 2.28. The number of rotatable bonds is 5. The predicted molar refractivity (Wildman–Crippen MR) is 115 cm³/mol. The molecule has 2 aromatic carbocycles. The monoisotopic (exact) mass is 445 g/mol. The van der Waals surface area contributed by atoms with Crippen molar-refractivity contribution in [1.82, 2.24) is 10.1 Å². The molecule has 2 heterocycles. The van der Waals surface area contributed by atoms with Gasteiger partial charge >= 0.3 is 0 Å². The van der Waals surface area contributed by atoms with Gasteiger partial charge in [0.1, 0.15) is 9.77 Å². The van der Waals surface area contributed by atoms with Crippen molar-refractivity contribution in [1.29, 1.82) is 0 Å². The molecule has 2 aromatic heterocycles. The summed E-state index contributed by atoms with van der Waals surface area (Å²) in [4.78, 5) is 4.95. The maximum Gasteiger partial charge on any atom is 0.269 e. The highest BCUT2D eigenvalue weighted by Crippen LogP contribution is 2.35. The summed E-state index contributed by atoms with van der Waals surface area (Å²) in [6, 6.07) is 15.8. The first kappa shape index (κ1) is 19.6. The Morgan fingerprint density at radius 3 is 2.52 bits per heavy atom. The summed E-state index contributed by atoms with van der Waals surface area (Å²) in [6.45, 7) is 1.95. The van der Waals surface area contributed by atoms with Gasteiger partial charge < -0.3 is 4.52 Å². The van der Waals surface area contributed by atoms with E-state index >= 15 is 0 Å². The zero-order valence-corrected chi connectivity index (χ0v) is 17.9. The molecule has 148 valence electrons. The maximum atomic E-state index is 13.2. The van der Waals surface area contributed by atoms with Crippen LogP contribution in [-0.2, 0) is 10.0 Å². The van der Waals surface area contributed by atoms with Gasteiger partial charge in [-0.25, -0.2) is 8.42 Å². The lowest BCUT2D eigenvalue weighted by Crippen LogP contribution is -2.26. The van der Waals surface area contributed by atoms with E-state index in [1.807, 2.05) is 31.2 Å². The average Bonchev–Trinajstić information content (AvgIpc) is 3.38. The van der Waals surface area contributed by atoms with Gasteiger partial charge in [0.15, 0.2) is 0 Å². The summed E-state index contributed by atoms with van der Waals surface area (Å²) >= 11 is 7.14. The number of aromatic nitrogens is 2. The van der Waals surface area contributed by atoms with Crippen LogP contribution in [0.15, 0.2) is 69.4 Å². The Balaban J connectivity index is 1.72. The molecule has 4 rings (SSSR count). The van der Waals surface area contributed by atoms with E-state index in [4.69, 9.17) is 16.1 Å². The molecular weight excluding hydrogens is 430 g/mol. The van der Waals surface area contributed by atoms with Crippen molar-refractivity contribution in [3.05, 3.63) is 70.6 Å². The van der Waals surface area contributed by atoms with E-state index in [0.717, 1.165) is 11.1 Å². The second kappa shape index (κ2) is 7.62. The molecule has 0 aliphatic rings. The quantitative estimate of drug-likeness (QED) is 0.419. The van der Waals surface area contributed by atoms with Crippen LogP contribution in [0, 0.1) is 6.92 Å². The molecule has 0 amide bonds. The Morgan fingerprint density at radius 2 is 1.79 bits per heavy atom. The molecule has 9 heteroatoms. The van der Waals surface area contributed by atoms with Gasteiger partial charge in [0.05, 0.1) is 5.69 Å². The average molecular weight is 446 g/mol. The van der Waals surface area contributed by atoms with Crippen molar-refractivity contribution >= 4 is 38.6 Å². The number of hydrogen-bond acceptors (Lipinski definition) is 6. The van der Waals surface area contributed by atoms with Crippen molar-refractivity contribution < 1.29 is 12.9 Å². The molecule has 0 N–H and O–H groups in total. The topological polar surface area (TPSA) is 76.3 Å². The fraction of sp³-hybridized carbons (Fsp3) is 0.100. The molecule has 0 bridgehead atoms. The number of sulfonamides is 1. The number of nitrogens with zero attached hydrogens (tertiary/aromatic N) is 3. The van der Waals surface area contributed by atoms with Crippen molar-refractivity contribution in [3.63, 3.8) is 0 Å². The van der Waals surface area contributed by atoms with E-state index in [2.05, 4.69) is 10.1 Å². The Hall–Kier alpha value is -2.68. The minimum Gasteiger partial charge on any atom is -0.333 e. The molecular formula is C20H16ClN3O3S2. The number of halogens is 1. The molecule has 0 unspecified atom stereocenters. The zero-order valence-electron chi connectivity index (χ0n) is 15.5. The summed E-state index contributed by atoms with van der Waals surface area (Å²) in [6.07, 6.45) is 0. The molecule has 0 saturated heterocycles. The van der Waals surface area contributed by atoms with Gasteiger partial charge in [0.25, 0.3) is 15.9 Å². The second-order valence-corrected chi connectivity index (χ2v) is 9.59. The minimum absolute atomic E-state index is 0.111. The van der Waals surface area contributed by atoms with Gasteiger partial charge in [0, 0.05) is 17.6 Å². The van der Waals surface area contributed by atoms with Crippen molar-refractivity contribution in [2.75, 3.05) is 11.4 Å². The van der Waals surface area contributed by atoms with Crippen molar-refractivity contribution in [3.8, 4) is 22.2 Å². The third-order valence-electron chi connectivity index (χ3n) is 4.46. The normalized spacial score (nSPS) is 11.6. The van der Waals surface area contributed by atoms with Crippen molar-refractivity contribution in [2.24, 2.45) is 0 Å². The maximum absolute atomic E-state index is 13.2. The summed E-state index contributed by atoms with van der Waals surface area (Å²) in [5.41, 5.74) is 2.33. The highest BCUT2D eigenvalue weighted by molar-refractivity contribution is 7.93. The summed E-state index contributed by atoms with van der Waals surface area (Å²) < 4.78 is 33.0. The second-order valence-electron chi connectivity index (χ2n) is 6.30. The first-order chi connectivity index (χ1) is 13.9. The lowest BCUT2D eigenvalue weighted by atomic mass is 10.1. The summed E-state index contributed by atoms with van der Waals surface area (Å²) in [5, 5.41) is 6.26. The fourth-order valence-corrected chi connectivity index (χ4v) is 5.48. The summed E-state index contributed by atoms with van der Waals surface area (Å²) in [7, 11) is -2.34. The van der Waals surface area contributed by atoms with Gasteiger partial charge in [-0.2, -0.15) is 4.98 Å². The first-order valence-electron chi connectivity index (χ1n) is 8.60. The van der Waals surface area contributed by atoms with Crippen LogP contribution in [0.3, 0.4) is 0 Å². The number of hydrogen-bond donors (Lipinski definition) is 0. The van der Waals surface area contributed by atoms with Crippen LogP contribution in [0.5, 0.6) is 0 Å². The molecule has 0 aliphatic heterocycles. The third-order valence-corrected chi connectivity index (χ3v) is 7.58. The van der Waals surface area contributed by atoms with Gasteiger partial charge in [-0.05, 0) is 48.2 Å². The molecule has 4 aromatic rings. The largest absolute Gasteiger partial charge is 0.333 e. The molecule has 0 radical (unpaired) electrons. The third kappa shape index (κ3) is 3.66. The smallest absolute Gasteiger partial charge is 0.269 e. The van der Waals surface area contributed by atoms with E-state index in [1.54, 1.807) is 35.7 Å². The molecule has 0 spiro atoms. The zero-order chi connectivity index (χ0) is 20.6. The van der Waals surface area contributed by atoms with Crippen LogP contribution in [0.2, 0.25) is 5.02 Å². The molecule has 6 nitrogen and oxygen atoms in total. The lowest BCUT2D eigenvalue weighted by Gasteiger charge is -2.19. The minimum atomic E-state index is -3.83.